The van der Waals surface area contributed by atoms with Crippen molar-refractivity contribution in [1.29, 1.82) is 0 Å². The Balaban J connectivity index is 1.47. The van der Waals surface area contributed by atoms with Gasteiger partial charge in [0.25, 0.3) is 0 Å². The van der Waals surface area contributed by atoms with Crippen molar-refractivity contribution in [1.82, 2.24) is 5.32 Å². The lowest BCUT2D eigenvalue weighted by Crippen LogP contribution is -2.27. The molecule has 2 aromatic carbocycles. The predicted molar refractivity (Wildman–Crippen MR) is 89.7 cm³/mol. The van der Waals surface area contributed by atoms with Crippen LogP contribution in [0, 0.1) is 18.8 Å². The summed E-state index contributed by atoms with van der Waals surface area (Å²) in [6.07, 6.45) is 0.623. The van der Waals surface area contributed by atoms with Crippen LogP contribution in [0.3, 0.4) is 0 Å². The summed E-state index contributed by atoms with van der Waals surface area (Å²) in [5, 5.41) is 5.77. The van der Waals surface area contributed by atoms with E-state index in [-0.39, 0.29) is 23.7 Å². The highest BCUT2D eigenvalue weighted by molar-refractivity contribution is 5.99. The van der Waals surface area contributed by atoms with Gasteiger partial charge in [-0.2, -0.15) is 0 Å². The molecule has 0 heterocycles. The molecule has 23 heavy (non-hydrogen) atoms. The van der Waals surface area contributed by atoms with Crippen LogP contribution in [0.15, 0.2) is 54.6 Å². The second-order valence-electron chi connectivity index (χ2n) is 6.01. The van der Waals surface area contributed by atoms with Gasteiger partial charge in [0.15, 0.2) is 0 Å². The molecule has 0 saturated heterocycles. The quantitative estimate of drug-likeness (QED) is 0.892. The molecule has 1 aliphatic carbocycles. The van der Waals surface area contributed by atoms with Crippen LogP contribution in [0.25, 0.3) is 0 Å². The largest absolute Gasteiger partial charge is 0.352 e. The van der Waals surface area contributed by atoms with E-state index in [9.17, 15) is 9.59 Å². The number of benzene rings is 2. The summed E-state index contributed by atoms with van der Waals surface area (Å²) >= 11 is 0. The summed E-state index contributed by atoms with van der Waals surface area (Å²) in [6, 6.07) is 17.4. The van der Waals surface area contributed by atoms with Crippen molar-refractivity contribution in [3.05, 3.63) is 65.7 Å². The number of carbonyl (C=O) groups is 2. The number of nitrogens with one attached hydrogen (secondary N) is 2. The van der Waals surface area contributed by atoms with Crippen molar-refractivity contribution >= 4 is 17.5 Å². The Morgan fingerprint density at radius 3 is 2.30 bits per heavy atom. The van der Waals surface area contributed by atoms with E-state index in [1.807, 2.05) is 61.5 Å². The number of hydrogen-bond donors (Lipinski definition) is 2. The number of rotatable bonds is 5. The number of anilines is 1. The van der Waals surface area contributed by atoms with Gasteiger partial charge >= 0.3 is 0 Å². The van der Waals surface area contributed by atoms with E-state index in [1.54, 1.807) is 0 Å². The van der Waals surface area contributed by atoms with E-state index in [2.05, 4.69) is 10.6 Å². The second kappa shape index (κ2) is 6.65. The van der Waals surface area contributed by atoms with Crippen LogP contribution in [-0.2, 0) is 16.1 Å². The van der Waals surface area contributed by atoms with Crippen molar-refractivity contribution in [2.24, 2.45) is 11.8 Å². The summed E-state index contributed by atoms with van der Waals surface area (Å²) in [7, 11) is 0. The van der Waals surface area contributed by atoms with E-state index in [4.69, 9.17) is 0 Å². The Labute approximate surface area is 135 Å². The third-order valence-electron chi connectivity index (χ3n) is 4.09. The molecular weight excluding hydrogens is 288 g/mol. The minimum absolute atomic E-state index is 0.0436. The molecule has 1 aliphatic rings. The van der Waals surface area contributed by atoms with Gasteiger partial charge in [-0.15, -0.1) is 0 Å². The van der Waals surface area contributed by atoms with Crippen LogP contribution in [0.5, 0.6) is 0 Å². The van der Waals surface area contributed by atoms with Crippen LogP contribution in [0.4, 0.5) is 5.69 Å². The first-order valence-corrected chi connectivity index (χ1v) is 7.82. The average Bonchev–Trinajstić information content (AvgIpc) is 3.36. The molecule has 0 radical (unpaired) electrons. The fourth-order valence-corrected chi connectivity index (χ4v) is 2.56. The number of hydrogen-bond acceptors (Lipinski definition) is 2. The Morgan fingerprint density at radius 1 is 0.957 bits per heavy atom. The zero-order valence-corrected chi connectivity index (χ0v) is 13.1. The Kier molecular flexibility index (Phi) is 4.42. The molecule has 1 fully saturated rings. The van der Waals surface area contributed by atoms with Crippen LogP contribution in [0.2, 0.25) is 0 Å². The molecule has 2 aromatic rings. The summed E-state index contributed by atoms with van der Waals surface area (Å²) < 4.78 is 0. The number of amides is 2. The molecular formula is C19H20N2O2. The van der Waals surface area contributed by atoms with Gasteiger partial charge in [-0.05, 0) is 31.0 Å². The maximum absolute atomic E-state index is 12.2. The maximum atomic E-state index is 12.2. The van der Waals surface area contributed by atoms with Gasteiger partial charge in [-0.1, -0.05) is 48.0 Å². The molecule has 2 N–H and O–H groups in total. The maximum Gasteiger partial charge on any atom is 0.228 e. The fraction of sp³-hybridized carbons (Fsp3) is 0.263. The molecule has 2 amide bonds. The summed E-state index contributed by atoms with van der Waals surface area (Å²) in [5.74, 6) is -0.539. The van der Waals surface area contributed by atoms with Gasteiger partial charge < -0.3 is 10.6 Å². The van der Waals surface area contributed by atoms with Gasteiger partial charge in [0.2, 0.25) is 11.8 Å². The first kappa shape index (κ1) is 15.3. The Bertz CT molecular complexity index is 695. The zero-order chi connectivity index (χ0) is 16.2. The highest BCUT2D eigenvalue weighted by atomic mass is 16.2. The molecule has 0 spiro atoms. The SMILES string of the molecule is Cc1ccc(NC(=O)C2CC2C(=O)NCc2ccccc2)cc1. The summed E-state index contributed by atoms with van der Waals surface area (Å²) in [4.78, 5) is 24.3. The minimum Gasteiger partial charge on any atom is -0.352 e. The first-order valence-electron chi connectivity index (χ1n) is 7.82. The first-order chi connectivity index (χ1) is 11.1. The lowest BCUT2D eigenvalue weighted by molar-refractivity contribution is -0.125. The van der Waals surface area contributed by atoms with Gasteiger partial charge in [0.1, 0.15) is 0 Å². The van der Waals surface area contributed by atoms with Crippen LogP contribution in [0.1, 0.15) is 17.5 Å². The van der Waals surface area contributed by atoms with Crippen molar-refractivity contribution < 1.29 is 9.59 Å². The standard InChI is InChI=1S/C19H20N2O2/c1-13-7-9-15(10-8-13)21-19(23)17-11-16(17)18(22)20-12-14-5-3-2-4-6-14/h2-10,16-17H,11-12H2,1H3,(H,20,22)(H,21,23). The van der Waals surface area contributed by atoms with E-state index in [0.29, 0.717) is 13.0 Å². The second-order valence-corrected chi connectivity index (χ2v) is 6.01. The molecule has 2 unspecified atom stereocenters. The number of aryl methyl sites for hydroxylation is 1. The van der Waals surface area contributed by atoms with Gasteiger partial charge in [0.05, 0.1) is 11.8 Å². The lowest BCUT2D eigenvalue weighted by atomic mass is 10.2. The molecule has 2 atom stereocenters. The topological polar surface area (TPSA) is 58.2 Å². The zero-order valence-electron chi connectivity index (χ0n) is 13.1. The van der Waals surface area contributed by atoms with Gasteiger partial charge in [-0.3, -0.25) is 9.59 Å². The summed E-state index contributed by atoms with van der Waals surface area (Å²) in [5.41, 5.74) is 2.98. The van der Waals surface area contributed by atoms with E-state index < -0.39 is 0 Å². The molecule has 0 aromatic heterocycles. The van der Waals surface area contributed by atoms with Gasteiger partial charge in [-0.25, -0.2) is 0 Å². The third-order valence-corrected chi connectivity index (χ3v) is 4.09. The van der Waals surface area contributed by atoms with Crippen LogP contribution in [-0.4, -0.2) is 11.8 Å². The number of carbonyl (C=O) groups excluding carboxylic acids is 2. The predicted octanol–water partition coefficient (Wildman–Crippen LogP) is 2.89. The van der Waals surface area contributed by atoms with Crippen LogP contribution < -0.4 is 10.6 Å². The molecule has 118 valence electrons. The summed E-state index contributed by atoms with van der Waals surface area (Å²) in [6.45, 7) is 2.50. The third kappa shape index (κ3) is 3.97. The van der Waals surface area contributed by atoms with Gasteiger partial charge in [0, 0.05) is 12.2 Å². The van der Waals surface area contributed by atoms with Crippen LogP contribution >= 0.6 is 0 Å². The smallest absolute Gasteiger partial charge is 0.228 e. The van der Waals surface area contributed by atoms with E-state index in [1.165, 1.54) is 0 Å². The van der Waals surface area contributed by atoms with E-state index in [0.717, 1.165) is 16.8 Å². The molecule has 0 aliphatic heterocycles. The van der Waals surface area contributed by atoms with Crippen molar-refractivity contribution in [2.75, 3.05) is 5.32 Å². The van der Waals surface area contributed by atoms with Crippen molar-refractivity contribution in [3.63, 3.8) is 0 Å². The molecule has 4 heteroatoms. The van der Waals surface area contributed by atoms with E-state index >= 15 is 0 Å². The van der Waals surface area contributed by atoms with Crippen molar-refractivity contribution in [2.45, 2.75) is 19.9 Å². The average molecular weight is 308 g/mol. The Morgan fingerprint density at radius 2 is 1.61 bits per heavy atom. The highest BCUT2D eigenvalue weighted by Gasteiger charge is 2.47. The minimum atomic E-state index is -0.216. The molecule has 0 bridgehead atoms. The fourth-order valence-electron chi connectivity index (χ4n) is 2.56. The molecule has 1 saturated carbocycles. The monoisotopic (exact) mass is 308 g/mol. The van der Waals surface area contributed by atoms with Crippen molar-refractivity contribution in [3.8, 4) is 0 Å². The Hall–Kier alpha value is -2.62. The normalized spacial score (nSPS) is 19.0. The molecule has 4 nitrogen and oxygen atoms in total. The highest BCUT2D eigenvalue weighted by Crippen LogP contribution is 2.39. The molecule has 3 rings (SSSR count). The lowest BCUT2D eigenvalue weighted by Gasteiger charge is -2.06.